The second-order valence-corrected chi connectivity index (χ2v) is 5.48. The van der Waals surface area contributed by atoms with Crippen LogP contribution >= 0.6 is 24.0 Å². The van der Waals surface area contributed by atoms with Crippen molar-refractivity contribution in [1.82, 2.24) is 14.8 Å². The number of hydrogen-bond donors (Lipinski definition) is 1. The van der Waals surface area contributed by atoms with E-state index in [1.165, 1.54) is 11.3 Å². The molecule has 0 aliphatic heterocycles. The fourth-order valence-corrected chi connectivity index (χ4v) is 2.36. The molecule has 132 valence electrons. The van der Waals surface area contributed by atoms with Crippen LogP contribution in [0.5, 0.6) is 0 Å². The quantitative estimate of drug-likeness (QED) is 0.311. The van der Waals surface area contributed by atoms with Gasteiger partial charge in [-0.1, -0.05) is 30.3 Å². The van der Waals surface area contributed by atoms with Crippen LogP contribution in [-0.4, -0.2) is 42.7 Å². The van der Waals surface area contributed by atoms with Gasteiger partial charge in [-0.15, -0.1) is 24.0 Å². The Kier molecular flexibility index (Phi) is 9.48. The van der Waals surface area contributed by atoms with Crippen molar-refractivity contribution in [2.75, 3.05) is 27.2 Å². The third-order valence-electron chi connectivity index (χ3n) is 3.66. The number of aryl methyl sites for hydroxylation is 1. The molecule has 1 heterocycles. The summed E-state index contributed by atoms with van der Waals surface area (Å²) in [4.78, 5) is 6.42. The van der Waals surface area contributed by atoms with Gasteiger partial charge in [-0.05, 0) is 17.7 Å². The van der Waals surface area contributed by atoms with Gasteiger partial charge in [-0.25, -0.2) is 0 Å². The van der Waals surface area contributed by atoms with Gasteiger partial charge in [-0.3, -0.25) is 4.99 Å². The highest BCUT2D eigenvalue weighted by molar-refractivity contribution is 14.0. The minimum absolute atomic E-state index is 0. The number of ether oxygens (including phenoxy) is 1. The molecule has 0 fully saturated rings. The van der Waals surface area contributed by atoms with Gasteiger partial charge in [0.25, 0.3) is 0 Å². The summed E-state index contributed by atoms with van der Waals surface area (Å²) in [6, 6.07) is 14.4. The zero-order chi connectivity index (χ0) is 16.5. The smallest absolute Gasteiger partial charge is 0.193 e. The summed E-state index contributed by atoms with van der Waals surface area (Å²) >= 11 is 0. The van der Waals surface area contributed by atoms with Crippen molar-refractivity contribution in [3.8, 4) is 0 Å². The molecular weight excluding hydrogens is 415 g/mol. The first-order valence-corrected chi connectivity index (χ1v) is 7.84. The molecule has 0 aliphatic rings. The summed E-state index contributed by atoms with van der Waals surface area (Å²) in [7, 11) is 5.89. The zero-order valence-corrected chi connectivity index (χ0v) is 16.9. The van der Waals surface area contributed by atoms with Crippen LogP contribution in [0.3, 0.4) is 0 Å². The van der Waals surface area contributed by atoms with Gasteiger partial charge in [0, 0.05) is 39.6 Å². The van der Waals surface area contributed by atoms with E-state index in [9.17, 15) is 0 Å². The number of benzene rings is 1. The highest BCUT2D eigenvalue weighted by atomic mass is 127. The lowest BCUT2D eigenvalue weighted by molar-refractivity contribution is 0.125. The maximum atomic E-state index is 5.68. The van der Waals surface area contributed by atoms with Gasteiger partial charge in [-0.2, -0.15) is 0 Å². The molecule has 0 spiro atoms. The number of halogens is 1. The molecule has 5 nitrogen and oxygen atoms in total. The highest BCUT2D eigenvalue weighted by Gasteiger charge is 2.07. The summed E-state index contributed by atoms with van der Waals surface area (Å²) in [5.41, 5.74) is 2.44. The third-order valence-corrected chi connectivity index (χ3v) is 3.66. The van der Waals surface area contributed by atoms with E-state index in [1.807, 2.05) is 25.2 Å². The molecule has 0 bridgehead atoms. The molecule has 0 amide bonds. The van der Waals surface area contributed by atoms with Crippen LogP contribution in [0.2, 0.25) is 0 Å². The Balaban J connectivity index is 0.00000288. The van der Waals surface area contributed by atoms with Crippen molar-refractivity contribution < 1.29 is 4.74 Å². The van der Waals surface area contributed by atoms with Crippen LogP contribution in [-0.2, 0) is 24.9 Å². The van der Waals surface area contributed by atoms with E-state index in [0.29, 0.717) is 13.2 Å². The molecule has 0 atom stereocenters. The standard InChI is InChI=1S/C18H26N4O.HI/c1-19-18(22(3)14-17-10-7-12-21(17)2)20-11-13-23-15-16-8-5-4-6-9-16;/h4-10,12H,11,13-15H2,1-3H3,(H,19,20);1H. The first-order valence-electron chi connectivity index (χ1n) is 7.84. The number of aromatic nitrogens is 1. The molecule has 1 aromatic heterocycles. The highest BCUT2D eigenvalue weighted by Crippen LogP contribution is 2.03. The summed E-state index contributed by atoms with van der Waals surface area (Å²) in [6.45, 7) is 2.83. The van der Waals surface area contributed by atoms with Crippen molar-refractivity contribution in [2.45, 2.75) is 13.2 Å². The first-order chi connectivity index (χ1) is 11.2. The minimum atomic E-state index is 0. The van der Waals surface area contributed by atoms with Crippen molar-refractivity contribution in [1.29, 1.82) is 0 Å². The molecule has 0 saturated carbocycles. The Morgan fingerprint density at radius 3 is 2.58 bits per heavy atom. The van der Waals surface area contributed by atoms with Crippen LogP contribution in [0.25, 0.3) is 0 Å². The number of hydrogen-bond acceptors (Lipinski definition) is 2. The van der Waals surface area contributed by atoms with Crippen molar-refractivity contribution in [2.24, 2.45) is 12.0 Å². The molecule has 2 rings (SSSR count). The van der Waals surface area contributed by atoms with E-state index in [-0.39, 0.29) is 24.0 Å². The van der Waals surface area contributed by atoms with E-state index < -0.39 is 0 Å². The van der Waals surface area contributed by atoms with E-state index in [4.69, 9.17) is 4.74 Å². The lowest BCUT2D eigenvalue weighted by Gasteiger charge is -2.22. The lowest BCUT2D eigenvalue weighted by atomic mass is 10.2. The fourth-order valence-electron chi connectivity index (χ4n) is 2.36. The van der Waals surface area contributed by atoms with E-state index in [2.05, 4.69) is 57.3 Å². The minimum Gasteiger partial charge on any atom is -0.375 e. The number of aliphatic imine (C=N–C) groups is 1. The lowest BCUT2D eigenvalue weighted by Crippen LogP contribution is -2.40. The van der Waals surface area contributed by atoms with Crippen LogP contribution in [0, 0.1) is 0 Å². The van der Waals surface area contributed by atoms with Gasteiger partial charge >= 0.3 is 0 Å². The van der Waals surface area contributed by atoms with Crippen LogP contribution in [0.1, 0.15) is 11.3 Å². The van der Waals surface area contributed by atoms with Gasteiger partial charge in [0.05, 0.1) is 19.8 Å². The van der Waals surface area contributed by atoms with Crippen LogP contribution in [0.15, 0.2) is 53.7 Å². The Hall–Kier alpha value is -1.54. The average molecular weight is 442 g/mol. The maximum absolute atomic E-state index is 5.68. The number of rotatable bonds is 7. The molecule has 0 unspecified atom stereocenters. The topological polar surface area (TPSA) is 41.8 Å². The predicted molar refractivity (Wildman–Crippen MR) is 110 cm³/mol. The molecule has 2 aromatic rings. The van der Waals surface area contributed by atoms with Crippen molar-refractivity contribution in [3.05, 3.63) is 59.9 Å². The zero-order valence-electron chi connectivity index (χ0n) is 14.6. The second-order valence-electron chi connectivity index (χ2n) is 5.48. The largest absolute Gasteiger partial charge is 0.375 e. The summed E-state index contributed by atoms with van der Waals surface area (Å²) in [5.74, 6) is 0.870. The van der Waals surface area contributed by atoms with Gasteiger partial charge in [0.15, 0.2) is 5.96 Å². The van der Waals surface area contributed by atoms with Crippen LogP contribution < -0.4 is 5.32 Å². The fraction of sp³-hybridized carbons (Fsp3) is 0.389. The normalized spacial score (nSPS) is 11.0. The van der Waals surface area contributed by atoms with Crippen LogP contribution in [0.4, 0.5) is 0 Å². The third kappa shape index (κ3) is 6.52. The molecule has 0 aliphatic carbocycles. The van der Waals surface area contributed by atoms with E-state index in [0.717, 1.165) is 19.0 Å². The van der Waals surface area contributed by atoms with E-state index >= 15 is 0 Å². The molecule has 0 radical (unpaired) electrons. The average Bonchev–Trinajstić information content (AvgIpc) is 2.96. The number of nitrogens with one attached hydrogen (secondary N) is 1. The number of guanidine groups is 1. The molecule has 24 heavy (non-hydrogen) atoms. The van der Waals surface area contributed by atoms with Gasteiger partial charge in [0.1, 0.15) is 0 Å². The summed E-state index contributed by atoms with van der Waals surface area (Å²) in [5, 5.41) is 3.33. The molecule has 0 saturated heterocycles. The molecule has 6 heteroatoms. The summed E-state index contributed by atoms with van der Waals surface area (Å²) < 4.78 is 7.80. The Bertz CT molecular complexity index is 612. The SMILES string of the molecule is CN=C(NCCOCc1ccccc1)N(C)Cc1cccn1C.I. The maximum Gasteiger partial charge on any atom is 0.193 e. The molecular formula is C18H27IN4O. The Labute approximate surface area is 161 Å². The van der Waals surface area contributed by atoms with Gasteiger partial charge < -0.3 is 19.5 Å². The van der Waals surface area contributed by atoms with Gasteiger partial charge in [0.2, 0.25) is 0 Å². The summed E-state index contributed by atoms with van der Waals surface area (Å²) in [6.07, 6.45) is 2.05. The van der Waals surface area contributed by atoms with Crippen molar-refractivity contribution in [3.63, 3.8) is 0 Å². The molecule has 1 aromatic carbocycles. The Morgan fingerprint density at radius 2 is 1.96 bits per heavy atom. The predicted octanol–water partition coefficient (Wildman–Crippen LogP) is 2.87. The monoisotopic (exact) mass is 442 g/mol. The Morgan fingerprint density at radius 1 is 1.21 bits per heavy atom. The molecule has 1 N–H and O–H groups in total. The first kappa shape index (κ1) is 20.5. The van der Waals surface area contributed by atoms with E-state index in [1.54, 1.807) is 7.05 Å². The number of nitrogens with zero attached hydrogens (tertiary/aromatic N) is 3. The van der Waals surface area contributed by atoms with Crippen molar-refractivity contribution >= 4 is 29.9 Å². The second kappa shape index (κ2) is 11.1.